The Morgan fingerprint density at radius 3 is 2.44 bits per heavy atom. The fourth-order valence-corrected chi connectivity index (χ4v) is 4.57. The molecule has 9 nitrogen and oxygen atoms in total. The first-order valence-corrected chi connectivity index (χ1v) is 8.77. The third kappa shape index (κ3) is 9.00. The van der Waals surface area contributed by atoms with Crippen LogP contribution >= 0.6 is 7.37 Å². The molecule has 0 aromatic carbocycles. The Morgan fingerprint density at radius 2 is 1.94 bits per heavy atom. The maximum absolute atomic E-state index is 11.4. The molecule has 0 rings (SSSR count). The lowest BCUT2D eigenvalue weighted by molar-refractivity contribution is -0.136. The summed E-state index contributed by atoms with van der Waals surface area (Å²) in [5.41, 5.74) is 7.97. The summed E-state index contributed by atoms with van der Waals surface area (Å²) < 4.78 is 34.2. The van der Waals surface area contributed by atoms with E-state index in [-0.39, 0.29) is 6.54 Å². The van der Waals surface area contributed by atoms with Crippen molar-refractivity contribution in [3.63, 3.8) is 0 Å². The zero-order chi connectivity index (χ0) is 14.2. The number of nitrogens with zero attached hydrogens (tertiary/aromatic N) is 3. The molecular weight excluding hydrogens is 285 g/mol. The molecule has 1 atom stereocenters. The zero-order valence-corrected chi connectivity index (χ0v) is 11.2. The van der Waals surface area contributed by atoms with E-state index in [1.54, 1.807) is 0 Å². The summed E-state index contributed by atoms with van der Waals surface area (Å²) in [5, 5.41) is 11.4. The van der Waals surface area contributed by atoms with E-state index in [9.17, 15) is 22.7 Å². The van der Waals surface area contributed by atoms with Gasteiger partial charge in [0.15, 0.2) is 9.84 Å². The Labute approximate surface area is 104 Å². The van der Waals surface area contributed by atoms with Gasteiger partial charge in [0, 0.05) is 23.8 Å². The van der Waals surface area contributed by atoms with E-state index in [0.717, 1.165) is 0 Å². The topological polar surface area (TPSA) is 158 Å². The third-order valence-electron chi connectivity index (χ3n) is 1.99. The van der Waals surface area contributed by atoms with Gasteiger partial charge in [-0.2, -0.15) is 0 Å². The molecule has 2 N–H and O–H groups in total. The Hall–Kier alpha value is -1.08. The number of hydrogen-bond acceptors (Lipinski definition) is 5. The van der Waals surface area contributed by atoms with Crippen molar-refractivity contribution in [2.24, 2.45) is 5.11 Å². The van der Waals surface area contributed by atoms with E-state index in [4.69, 9.17) is 10.6 Å². The van der Waals surface area contributed by atoms with Crippen molar-refractivity contribution in [1.29, 1.82) is 0 Å². The number of aliphatic carboxylic acids is 1. The molecule has 1 unspecified atom stereocenters. The number of hydrogen-bond donors (Lipinski definition) is 2. The fraction of sp³-hybridized carbons (Fsp3) is 0.857. The van der Waals surface area contributed by atoms with Crippen LogP contribution in [0.5, 0.6) is 0 Å². The predicted octanol–water partition coefficient (Wildman–Crippen LogP) is 0.457. The third-order valence-corrected chi connectivity index (χ3v) is 5.77. The van der Waals surface area contributed by atoms with Gasteiger partial charge in [-0.1, -0.05) is 5.11 Å². The molecule has 0 heterocycles. The molecule has 0 aliphatic heterocycles. The summed E-state index contributed by atoms with van der Waals surface area (Å²) in [5.74, 6) is -2.13. The molecule has 0 radical (unpaired) electrons. The van der Waals surface area contributed by atoms with Crippen molar-refractivity contribution in [2.45, 2.75) is 6.42 Å². The van der Waals surface area contributed by atoms with Gasteiger partial charge < -0.3 is 10.00 Å². The molecule has 0 spiro atoms. The van der Waals surface area contributed by atoms with Crippen LogP contribution in [0.2, 0.25) is 0 Å². The van der Waals surface area contributed by atoms with Crippen molar-refractivity contribution in [2.75, 3.05) is 30.4 Å². The number of rotatable bonds is 9. The van der Waals surface area contributed by atoms with Crippen molar-refractivity contribution in [1.82, 2.24) is 0 Å². The Morgan fingerprint density at radius 1 is 1.33 bits per heavy atom. The second-order valence-electron chi connectivity index (χ2n) is 3.54. The highest BCUT2D eigenvalue weighted by molar-refractivity contribution is 7.91. The second-order valence-corrected chi connectivity index (χ2v) is 8.43. The van der Waals surface area contributed by atoms with Crippen LogP contribution in [0.4, 0.5) is 0 Å². The molecular formula is C7H14N3O6PS. The molecule has 104 valence electrons. The predicted molar refractivity (Wildman–Crippen MR) is 64.5 cm³/mol. The van der Waals surface area contributed by atoms with E-state index in [0.29, 0.717) is 0 Å². The summed E-state index contributed by atoms with van der Waals surface area (Å²) in [6, 6.07) is 0. The fourth-order valence-electron chi connectivity index (χ4n) is 0.991. The van der Waals surface area contributed by atoms with Crippen molar-refractivity contribution in [3.8, 4) is 0 Å². The SMILES string of the molecule is [N-]=[N+]=NCCS(=O)(=O)CCP(=O)(O)CCC(=O)O. The van der Waals surface area contributed by atoms with E-state index < -0.39 is 53.4 Å². The molecule has 0 saturated carbocycles. The Kier molecular flexibility index (Phi) is 6.93. The van der Waals surface area contributed by atoms with Crippen LogP contribution in [0.1, 0.15) is 6.42 Å². The molecule has 0 aromatic rings. The van der Waals surface area contributed by atoms with Crippen LogP contribution in [0.15, 0.2) is 5.11 Å². The summed E-state index contributed by atoms with van der Waals surface area (Å²) in [6.45, 7) is -0.232. The van der Waals surface area contributed by atoms with Crippen molar-refractivity contribution in [3.05, 3.63) is 10.4 Å². The highest BCUT2D eigenvalue weighted by atomic mass is 32.2. The molecule has 18 heavy (non-hydrogen) atoms. The van der Waals surface area contributed by atoms with Gasteiger partial charge in [0.05, 0.1) is 17.9 Å². The quantitative estimate of drug-likeness (QED) is 0.272. The van der Waals surface area contributed by atoms with Gasteiger partial charge in [-0.05, 0) is 5.53 Å². The number of carboxylic acid groups (broad SMARTS) is 1. The first-order chi connectivity index (χ1) is 8.18. The van der Waals surface area contributed by atoms with Gasteiger partial charge in [0.25, 0.3) is 0 Å². The normalized spacial score (nSPS) is 14.5. The van der Waals surface area contributed by atoms with E-state index in [1.807, 2.05) is 0 Å². The lowest BCUT2D eigenvalue weighted by atomic mass is 10.5. The van der Waals surface area contributed by atoms with E-state index in [1.165, 1.54) is 0 Å². The van der Waals surface area contributed by atoms with E-state index in [2.05, 4.69) is 10.0 Å². The summed E-state index contributed by atoms with van der Waals surface area (Å²) in [4.78, 5) is 22.0. The molecule has 0 bridgehead atoms. The highest BCUT2D eigenvalue weighted by Crippen LogP contribution is 2.40. The molecule has 0 amide bonds. The first kappa shape index (κ1) is 16.9. The lowest BCUT2D eigenvalue weighted by Crippen LogP contribution is -2.17. The Balaban J connectivity index is 4.24. The number of carboxylic acids is 1. The lowest BCUT2D eigenvalue weighted by Gasteiger charge is -2.10. The number of azide groups is 1. The zero-order valence-electron chi connectivity index (χ0n) is 9.47. The number of carbonyl (C=O) groups is 1. The molecule has 0 aromatic heterocycles. The monoisotopic (exact) mass is 299 g/mol. The van der Waals surface area contributed by atoms with Crippen LogP contribution in [-0.4, -0.2) is 54.8 Å². The molecule has 0 aliphatic rings. The average molecular weight is 299 g/mol. The minimum absolute atomic E-state index is 0.232. The summed E-state index contributed by atoms with van der Waals surface area (Å²) in [7, 11) is -7.32. The molecule has 11 heteroatoms. The number of sulfone groups is 1. The molecule has 0 saturated heterocycles. The molecule has 0 aliphatic carbocycles. The van der Waals surface area contributed by atoms with Crippen LogP contribution < -0.4 is 0 Å². The van der Waals surface area contributed by atoms with E-state index >= 15 is 0 Å². The van der Waals surface area contributed by atoms with Gasteiger partial charge >= 0.3 is 5.97 Å². The van der Waals surface area contributed by atoms with Crippen LogP contribution in [0, 0.1) is 0 Å². The first-order valence-electron chi connectivity index (χ1n) is 4.92. The van der Waals surface area contributed by atoms with Crippen molar-refractivity contribution >= 4 is 23.2 Å². The van der Waals surface area contributed by atoms with Gasteiger partial charge in [0.2, 0.25) is 7.37 Å². The maximum Gasteiger partial charge on any atom is 0.303 e. The molecule has 0 fully saturated rings. The van der Waals surface area contributed by atoms with Crippen LogP contribution in [0.3, 0.4) is 0 Å². The van der Waals surface area contributed by atoms with Gasteiger partial charge in [-0.3, -0.25) is 9.36 Å². The second kappa shape index (κ2) is 7.38. The summed E-state index contributed by atoms with van der Waals surface area (Å²) in [6.07, 6.45) is -1.42. The smallest absolute Gasteiger partial charge is 0.303 e. The average Bonchev–Trinajstić information content (AvgIpc) is 2.25. The minimum Gasteiger partial charge on any atom is -0.481 e. The van der Waals surface area contributed by atoms with Crippen LogP contribution in [-0.2, 0) is 19.2 Å². The maximum atomic E-state index is 11.4. The standard InChI is InChI=1S/C7H14N3O6PS/c8-10-9-2-5-18(15,16)6-4-17(13,14)3-1-7(11)12/h1-6H2,(H,11,12)(H,13,14). The van der Waals surface area contributed by atoms with Gasteiger partial charge in [-0.15, -0.1) is 0 Å². The Bertz CT molecular complexity index is 483. The van der Waals surface area contributed by atoms with Gasteiger partial charge in [-0.25, -0.2) is 8.42 Å². The minimum atomic E-state index is -3.75. The van der Waals surface area contributed by atoms with Crippen LogP contribution in [0.25, 0.3) is 10.4 Å². The van der Waals surface area contributed by atoms with Gasteiger partial charge in [0.1, 0.15) is 0 Å². The van der Waals surface area contributed by atoms with Crippen molar-refractivity contribution < 1.29 is 27.8 Å². The highest BCUT2D eigenvalue weighted by Gasteiger charge is 2.23. The largest absolute Gasteiger partial charge is 0.481 e. The summed E-state index contributed by atoms with van der Waals surface area (Å²) >= 11 is 0.